The highest BCUT2D eigenvalue weighted by Crippen LogP contribution is 2.28. The third kappa shape index (κ3) is 12.6. The summed E-state index contributed by atoms with van der Waals surface area (Å²) in [4.78, 5) is 17.9. The molecule has 0 saturated heterocycles. The maximum absolute atomic E-state index is 12.1. The van der Waals surface area contributed by atoms with Crippen molar-refractivity contribution in [3.63, 3.8) is 0 Å². The van der Waals surface area contributed by atoms with Crippen LogP contribution in [-0.4, -0.2) is 69.0 Å². The number of guanidine groups is 1. The van der Waals surface area contributed by atoms with E-state index in [9.17, 15) is 4.79 Å². The number of aliphatic imine (C=N–C) groups is 1. The van der Waals surface area contributed by atoms with Crippen LogP contribution in [0.1, 0.15) is 47.0 Å². The molecule has 154 valence electrons. The molecule has 0 aromatic heterocycles. The normalized spacial score (nSPS) is 14.4. The van der Waals surface area contributed by atoms with Crippen molar-refractivity contribution in [2.24, 2.45) is 10.9 Å². The number of nitrogens with zero attached hydrogens (tertiary/aromatic N) is 2. The minimum Gasteiger partial charge on any atom is -0.444 e. The van der Waals surface area contributed by atoms with E-state index < -0.39 is 5.60 Å². The van der Waals surface area contributed by atoms with Crippen LogP contribution in [-0.2, 0) is 9.47 Å². The fourth-order valence-electron chi connectivity index (χ4n) is 2.15. The standard InChI is InChI=1S/C18H36N4O3.HI/c1-6-22(17(23)25-18(2,3)4)12-11-21-16(19-5)20-10-7-13-24-14-15-8-9-15;/h15H,6-14H2,1-5H3,(H2,19,20,21);1H. The van der Waals surface area contributed by atoms with Gasteiger partial charge in [-0.15, -0.1) is 24.0 Å². The second-order valence-corrected chi connectivity index (χ2v) is 7.36. The first-order valence-electron chi connectivity index (χ1n) is 9.36. The second kappa shape index (κ2) is 13.4. The van der Waals surface area contributed by atoms with Gasteiger partial charge < -0.3 is 25.0 Å². The maximum Gasteiger partial charge on any atom is 0.410 e. The first-order chi connectivity index (χ1) is 11.9. The highest BCUT2D eigenvalue weighted by Gasteiger charge is 2.21. The molecule has 26 heavy (non-hydrogen) atoms. The third-order valence-corrected chi connectivity index (χ3v) is 3.74. The van der Waals surface area contributed by atoms with Crippen molar-refractivity contribution in [2.75, 3.05) is 46.4 Å². The fraction of sp³-hybridized carbons (Fsp3) is 0.889. The van der Waals surface area contributed by atoms with E-state index in [2.05, 4.69) is 15.6 Å². The summed E-state index contributed by atoms with van der Waals surface area (Å²) in [6.45, 7) is 11.9. The Morgan fingerprint density at radius 1 is 1.23 bits per heavy atom. The van der Waals surface area contributed by atoms with Crippen LogP contribution in [0.2, 0.25) is 0 Å². The average molecular weight is 484 g/mol. The van der Waals surface area contributed by atoms with Gasteiger partial charge in [-0.1, -0.05) is 0 Å². The van der Waals surface area contributed by atoms with E-state index in [-0.39, 0.29) is 30.1 Å². The molecule has 2 N–H and O–H groups in total. The topological polar surface area (TPSA) is 75.2 Å². The molecule has 1 amide bonds. The van der Waals surface area contributed by atoms with Crippen molar-refractivity contribution in [3.8, 4) is 0 Å². The van der Waals surface area contributed by atoms with E-state index in [1.807, 2.05) is 27.7 Å². The van der Waals surface area contributed by atoms with Crippen LogP contribution in [0.5, 0.6) is 0 Å². The minimum absolute atomic E-state index is 0. The number of nitrogens with one attached hydrogen (secondary N) is 2. The van der Waals surface area contributed by atoms with Crippen LogP contribution >= 0.6 is 24.0 Å². The van der Waals surface area contributed by atoms with Crippen LogP contribution in [0.25, 0.3) is 0 Å². The highest BCUT2D eigenvalue weighted by molar-refractivity contribution is 14.0. The number of hydrogen-bond acceptors (Lipinski definition) is 4. The predicted molar refractivity (Wildman–Crippen MR) is 116 cm³/mol. The lowest BCUT2D eigenvalue weighted by Gasteiger charge is -2.26. The zero-order valence-electron chi connectivity index (χ0n) is 17.0. The molecule has 0 atom stereocenters. The van der Waals surface area contributed by atoms with Gasteiger partial charge in [-0.3, -0.25) is 4.99 Å². The van der Waals surface area contributed by atoms with Crippen LogP contribution < -0.4 is 10.6 Å². The van der Waals surface area contributed by atoms with Crippen molar-refractivity contribution in [2.45, 2.75) is 52.6 Å². The Bertz CT molecular complexity index is 423. The van der Waals surface area contributed by atoms with Crippen molar-refractivity contribution in [1.29, 1.82) is 0 Å². The Labute approximate surface area is 175 Å². The monoisotopic (exact) mass is 484 g/mol. The molecule has 0 bridgehead atoms. The van der Waals surface area contributed by atoms with E-state index in [4.69, 9.17) is 9.47 Å². The number of hydrogen-bond donors (Lipinski definition) is 2. The molecular weight excluding hydrogens is 447 g/mol. The molecular formula is C18H37IN4O3. The van der Waals surface area contributed by atoms with Gasteiger partial charge in [-0.05, 0) is 52.9 Å². The van der Waals surface area contributed by atoms with Crippen molar-refractivity contribution >= 4 is 36.0 Å². The van der Waals surface area contributed by atoms with Gasteiger partial charge in [0, 0.05) is 46.4 Å². The van der Waals surface area contributed by atoms with Gasteiger partial charge in [0.1, 0.15) is 5.60 Å². The minimum atomic E-state index is -0.475. The number of carbonyl (C=O) groups is 1. The van der Waals surface area contributed by atoms with Gasteiger partial charge in [0.25, 0.3) is 0 Å². The first kappa shape index (κ1) is 25.2. The summed E-state index contributed by atoms with van der Waals surface area (Å²) >= 11 is 0. The summed E-state index contributed by atoms with van der Waals surface area (Å²) in [5.74, 6) is 1.55. The molecule has 0 aromatic rings. The molecule has 8 heteroatoms. The van der Waals surface area contributed by atoms with Crippen LogP contribution in [0.15, 0.2) is 4.99 Å². The largest absolute Gasteiger partial charge is 0.444 e. The molecule has 0 aliphatic heterocycles. The SMILES string of the molecule is CCN(CCNC(=NC)NCCCOCC1CC1)C(=O)OC(C)(C)C.I. The average Bonchev–Trinajstić information content (AvgIpc) is 3.35. The summed E-state index contributed by atoms with van der Waals surface area (Å²) in [5, 5.41) is 6.48. The number of carbonyl (C=O) groups excluding carboxylic acids is 1. The third-order valence-electron chi connectivity index (χ3n) is 3.74. The molecule has 1 aliphatic carbocycles. The summed E-state index contributed by atoms with van der Waals surface area (Å²) < 4.78 is 11.0. The molecule has 0 radical (unpaired) electrons. The summed E-state index contributed by atoms with van der Waals surface area (Å²) in [6.07, 6.45) is 3.32. The molecule has 1 rings (SSSR count). The molecule has 1 aliphatic rings. The number of halogens is 1. The molecule has 0 aromatic carbocycles. The lowest BCUT2D eigenvalue weighted by atomic mass is 10.2. The van der Waals surface area contributed by atoms with Crippen molar-refractivity contribution in [3.05, 3.63) is 0 Å². The zero-order valence-corrected chi connectivity index (χ0v) is 19.3. The quantitative estimate of drug-likeness (QED) is 0.216. The van der Waals surface area contributed by atoms with Gasteiger partial charge in [-0.2, -0.15) is 0 Å². The molecule has 1 fully saturated rings. The Hall–Kier alpha value is -0.770. The lowest BCUT2D eigenvalue weighted by molar-refractivity contribution is 0.0264. The van der Waals surface area contributed by atoms with Gasteiger partial charge in [-0.25, -0.2) is 4.79 Å². The van der Waals surface area contributed by atoms with Gasteiger partial charge >= 0.3 is 6.09 Å². The van der Waals surface area contributed by atoms with E-state index in [1.165, 1.54) is 12.8 Å². The molecule has 0 spiro atoms. The highest BCUT2D eigenvalue weighted by atomic mass is 127. The Balaban J connectivity index is 0.00000625. The Morgan fingerprint density at radius 3 is 2.42 bits per heavy atom. The number of amides is 1. The molecule has 1 saturated carbocycles. The molecule has 7 nitrogen and oxygen atoms in total. The first-order valence-corrected chi connectivity index (χ1v) is 9.36. The Morgan fingerprint density at radius 2 is 1.88 bits per heavy atom. The maximum atomic E-state index is 12.1. The lowest BCUT2D eigenvalue weighted by Crippen LogP contribution is -2.44. The van der Waals surface area contributed by atoms with Gasteiger partial charge in [0.2, 0.25) is 0 Å². The zero-order chi connectivity index (χ0) is 18.7. The summed E-state index contributed by atoms with van der Waals surface area (Å²) in [6, 6.07) is 0. The number of likely N-dealkylation sites (N-methyl/N-ethyl adjacent to an activating group) is 1. The van der Waals surface area contributed by atoms with Crippen LogP contribution in [0.3, 0.4) is 0 Å². The van der Waals surface area contributed by atoms with E-state index in [1.54, 1.807) is 11.9 Å². The number of ether oxygens (including phenoxy) is 2. The van der Waals surface area contributed by atoms with Crippen molar-refractivity contribution < 1.29 is 14.3 Å². The number of rotatable bonds is 10. The van der Waals surface area contributed by atoms with Crippen LogP contribution in [0.4, 0.5) is 4.79 Å². The predicted octanol–water partition coefficient (Wildman–Crippen LogP) is 2.84. The second-order valence-electron chi connectivity index (χ2n) is 7.36. The smallest absolute Gasteiger partial charge is 0.410 e. The van der Waals surface area contributed by atoms with E-state index in [0.29, 0.717) is 19.6 Å². The van der Waals surface area contributed by atoms with Crippen molar-refractivity contribution in [1.82, 2.24) is 15.5 Å². The van der Waals surface area contributed by atoms with Crippen LogP contribution in [0, 0.1) is 5.92 Å². The Kier molecular flexibility index (Phi) is 13.0. The summed E-state index contributed by atoms with van der Waals surface area (Å²) in [7, 11) is 1.74. The molecule has 0 heterocycles. The summed E-state index contributed by atoms with van der Waals surface area (Å²) in [5.41, 5.74) is -0.475. The van der Waals surface area contributed by atoms with Gasteiger partial charge in [0.15, 0.2) is 5.96 Å². The van der Waals surface area contributed by atoms with Gasteiger partial charge in [0.05, 0.1) is 0 Å². The van der Waals surface area contributed by atoms with E-state index >= 15 is 0 Å². The van der Waals surface area contributed by atoms with E-state index in [0.717, 1.165) is 38.1 Å². The molecule has 0 unspecified atom stereocenters. The fourth-order valence-corrected chi connectivity index (χ4v) is 2.15.